The van der Waals surface area contributed by atoms with Crippen molar-refractivity contribution in [3.63, 3.8) is 0 Å². The van der Waals surface area contributed by atoms with Crippen LogP contribution in [0.25, 0.3) is 0 Å². The van der Waals surface area contributed by atoms with Crippen LogP contribution in [-0.2, 0) is 9.47 Å². The first-order chi connectivity index (χ1) is 10.0. The lowest BCUT2D eigenvalue weighted by Gasteiger charge is -2.58. The third-order valence-electron chi connectivity index (χ3n) is 5.70. The standard InChI is InChI=1S/C18H24O3/c1-4-5-6-12(2)20-17(19)21-18(3)15-8-13-7-14(10-15)11-16(18)9-13/h4-6,13-16H,1-2,7-11H2,3H3/b6-5-. The first-order valence-electron chi connectivity index (χ1n) is 7.90. The minimum absolute atomic E-state index is 0.285. The van der Waals surface area contributed by atoms with Crippen LogP contribution in [0.4, 0.5) is 4.79 Å². The van der Waals surface area contributed by atoms with Crippen molar-refractivity contribution in [1.82, 2.24) is 0 Å². The Morgan fingerprint density at radius 3 is 2.24 bits per heavy atom. The largest absolute Gasteiger partial charge is 0.514 e. The second-order valence-electron chi connectivity index (χ2n) is 7.00. The summed E-state index contributed by atoms with van der Waals surface area (Å²) in [5, 5.41) is 0. The summed E-state index contributed by atoms with van der Waals surface area (Å²) >= 11 is 0. The van der Waals surface area contributed by atoms with Gasteiger partial charge >= 0.3 is 6.16 Å². The van der Waals surface area contributed by atoms with Gasteiger partial charge in [-0.15, -0.1) is 0 Å². The first kappa shape index (κ1) is 14.4. The molecular weight excluding hydrogens is 264 g/mol. The van der Waals surface area contributed by atoms with Gasteiger partial charge in [0.05, 0.1) is 0 Å². The Morgan fingerprint density at radius 1 is 1.14 bits per heavy atom. The van der Waals surface area contributed by atoms with Crippen molar-refractivity contribution in [3.05, 3.63) is 37.1 Å². The van der Waals surface area contributed by atoms with Gasteiger partial charge in [-0.3, -0.25) is 0 Å². The van der Waals surface area contributed by atoms with E-state index in [4.69, 9.17) is 9.47 Å². The van der Waals surface area contributed by atoms with Crippen molar-refractivity contribution in [2.45, 2.75) is 44.6 Å². The SMILES string of the molecule is C=C/C=C\C(=C)OC(=O)OC1(C)C2CC3CC(C2)CC1C3. The molecule has 0 heterocycles. The summed E-state index contributed by atoms with van der Waals surface area (Å²) in [5.41, 5.74) is -0.354. The van der Waals surface area contributed by atoms with Gasteiger partial charge in [0.15, 0.2) is 0 Å². The molecule has 0 spiro atoms. The third-order valence-corrected chi connectivity index (χ3v) is 5.70. The van der Waals surface area contributed by atoms with E-state index in [0.29, 0.717) is 11.8 Å². The van der Waals surface area contributed by atoms with Gasteiger partial charge < -0.3 is 9.47 Å². The Morgan fingerprint density at radius 2 is 1.71 bits per heavy atom. The van der Waals surface area contributed by atoms with Crippen LogP contribution in [0.5, 0.6) is 0 Å². The third kappa shape index (κ3) is 2.66. The average Bonchev–Trinajstić information content (AvgIpc) is 2.42. The lowest BCUT2D eigenvalue weighted by molar-refractivity contribution is -0.171. The van der Waals surface area contributed by atoms with Crippen molar-refractivity contribution in [2.75, 3.05) is 0 Å². The number of hydrogen-bond acceptors (Lipinski definition) is 3. The molecular formula is C18H24O3. The Hall–Kier alpha value is -1.51. The van der Waals surface area contributed by atoms with Gasteiger partial charge in [-0.2, -0.15) is 0 Å². The van der Waals surface area contributed by atoms with E-state index in [2.05, 4.69) is 20.1 Å². The number of rotatable bonds is 4. The highest BCUT2D eigenvalue weighted by molar-refractivity contribution is 5.62. The fourth-order valence-corrected chi connectivity index (χ4v) is 4.80. The predicted molar refractivity (Wildman–Crippen MR) is 81.5 cm³/mol. The predicted octanol–water partition coefficient (Wildman–Crippen LogP) is 4.61. The molecule has 3 heteroatoms. The van der Waals surface area contributed by atoms with E-state index in [1.54, 1.807) is 18.2 Å². The monoisotopic (exact) mass is 288 g/mol. The normalized spacial score (nSPS) is 40.2. The van der Waals surface area contributed by atoms with E-state index in [9.17, 15) is 4.79 Å². The van der Waals surface area contributed by atoms with Crippen molar-refractivity contribution in [1.29, 1.82) is 0 Å². The fourth-order valence-electron chi connectivity index (χ4n) is 4.80. The minimum atomic E-state index is -0.622. The molecule has 0 N–H and O–H groups in total. The number of allylic oxidation sites excluding steroid dienone is 3. The lowest BCUT2D eigenvalue weighted by Crippen LogP contribution is -2.58. The summed E-state index contributed by atoms with van der Waals surface area (Å²) in [6.45, 7) is 9.35. The molecule has 0 amide bonds. The zero-order valence-corrected chi connectivity index (χ0v) is 12.7. The van der Waals surface area contributed by atoms with Crippen molar-refractivity contribution < 1.29 is 14.3 Å². The van der Waals surface area contributed by atoms with Crippen LogP contribution in [0, 0.1) is 23.7 Å². The van der Waals surface area contributed by atoms with Crippen molar-refractivity contribution in [2.24, 2.45) is 23.7 Å². The van der Waals surface area contributed by atoms with Gasteiger partial charge in [-0.1, -0.05) is 25.3 Å². The molecule has 0 atom stereocenters. The van der Waals surface area contributed by atoms with Crippen LogP contribution in [-0.4, -0.2) is 11.8 Å². The number of ether oxygens (including phenoxy) is 2. The molecule has 21 heavy (non-hydrogen) atoms. The highest BCUT2D eigenvalue weighted by Crippen LogP contribution is 2.59. The van der Waals surface area contributed by atoms with E-state index < -0.39 is 6.16 Å². The number of carbonyl (C=O) groups excluding carboxylic acids is 1. The quantitative estimate of drug-likeness (QED) is 0.430. The van der Waals surface area contributed by atoms with Gasteiger partial charge in [0, 0.05) is 0 Å². The number of hydrogen-bond donors (Lipinski definition) is 0. The zero-order chi connectivity index (χ0) is 15.0. The molecule has 114 valence electrons. The topological polar surface area (TPSA) is 35.5 Å². The molecule has 0 radical (unpaired) electrons. The van der Waals surface area contributed by atoms with Gasteiger partial charge in [0.2, 0.25) is 0 Å². The Labute approximate surface area is 126 Å². The fraction of sp³-hybridized carbons (Fsp3) is 0.611. The molecule has 4 bridgehead atoms. The minimum Gasteiger partial charge on any atom is -0.427 e. The highest BCUT2D eigenvalue weighted by atomic mass is 16.7. The molecule has 0 unspecified atom stereocenters. The highest BCUT2D eigenvalue weighted by Gasteiger charge is 2.57. The summed E-state index contributed by atoms with van der Waals surface area (Å²) in [5.74, 6) is 2.99. The van der Waals surface area contributed by atoms with E-state index in [1.165, 1.54) is 32.1 Å². The van der Waals surface area contributed by atoms with Crippen LogP contribution < -0.4 is 0 Å². The van der Waals surface area contributed by atoms with Crippen LogP contribution in [0.3, 0.4) is 0 Å². The van der Waals surface area contributed by atoms with Crippen LogP contribution in [0.15, 0.2) is 37.1 Å². The van der Waals surface area contributed by atoms with Crippen LogP contribution >= 0.6 is 0 Å². The van der Waals surface area contributed by atoms with Gasteiger partial charge in [0.25, 0.3) is 0 Å². The summed E-state index contributed by atoms with van der Waals surface area (Å²) in [4.78, 5) is 12.0. The maximum Gasteiger partial charge on any atom is 0.514 e. The van der Waals surface area contributed by atoms with Gasteiger partial charge in [0.1, 0.15) is 11.4 Å². The first-order valence-corrected chi connectivity index (χ1v) is 7.90. The maximum absolute atomic E-state index is 12.0. The van der Waals surface area contributed by atoms with Crippen molar-refractivity contribution in [3.8, 4) is 0 Å². The van der Waals surface area contributed by atoms with E-state index in [-0.39, 0.29) is 11.4 Å². The van der Waals surface area contributed by atoms with Crippen molar-refractivity contribution >= 4 is 6.16 Å². The molecule has 4 saturated carbocycles. The summed E-state index contributed by atoms with van der Waals surface area (Å²) in [6.07, 6.45) is 10.5. The number of carbonyl (C=O) groups is 1. The molecule has 4 aliphatic rings. The molecule has 0 saturated heterocycles. The molecule has 0 aliphatic heterocycles. The lowest BCUT2D eigenvalue weighted by atomic mass is 9.50. The van der Waals surface area contributed by atoms with E-state index in [1.807, 2.05) is 0 Å². The molecule has 0 aromatic heterocycles. The van der Waals surface area contributed by atoms with E-state index >= 15 is 0 Å². The maximum atomic E-state index is 12.0. The Balaban J connectivity index is 1.64. The molecule has 4 fully saturated rings. The smallest absolute Gasteiger partial charge is 0.427 e. The Kier molecular flexibility index (Phi) is 3.68. The zero-order valence-electron chi connectivity index (χ0n) is 12.7. The van der Waals surface area contributed by atoms with Crippen LogP contribution in [0.2, 0.25) is 0 Å². The Bertz CT molecular complexity index is 461. The van der Waals surface area contributed by atoms with E-state index in [0.717, 1.165) is 11.8 Å². The summed E-state index contributed by atoms with van der Waals surface area (Å²) in [7, 11) is 0. The summed E-state index contributed by atoms with van der Waals surface area (Å²) < 4.78 is 10.9. The summed E-state index contributed by atoms with van der Waals surface area (Å²) in [6, 6.07) is 0. The molecule has 4 aliphatic carbocycles. The van der Waals surface area contributed by atoms with Gasteiger partial charge in [-0.05, 0) is 68.8 Å². The molecule has 0 aromatic carbocycles. The second kappa shape index (κ2) is 5.36. The molecule has 0 aromatic rings. The second-order valence-corrected chi connectivity index (χ2v) is 7.00. The average molecular weight is 288 g/mol. The van der Waals surface area contributed by atoms with Crippen LogP contribution in [0.1, 0.15) is 39.0 Å². The van der Waals surface area contributed by atoms with Gasteiger partial charge in [-0.25, -0.2) is 4.79 Å². The molecule has 4 rings (SSSR count). The molecule has 3 nitrogen and oxygen atoms in total.